The normalized spacial score (nSPS) is 13.4. The summed E-state index contributed by atoms with van der Waals surface area (Å²) in [4.78, 5) is 18.2. The van der Waals surface area contributed by atoms with E-state index in [1.165, 1.54) is 12.1 Å². The van der Waals surface area contributed by atoms with E-state index in [9.17, 15) is 13.2 Å². The molecule has 5 rings (SSSR count). The minimum Gasteiger partial charge on any atom is -0.294 e. The van der Waals surface area contributed by atoms with Crippen molar-refractivity contribution in [2.75, 3.05) is 12.1 Å². The van der Waals surface area contributed by atoms with Crippen LogP contribution in [0.5, 0.6) is 0 Å². The van der Waals surface area contributed by atoms with Gasteiger partial charge in [-0.3, -0.25) is 15.2 Å². The summed E-state index contributed by atoms with van der Waals surface area (Å²) in [6.45, 7) is 1.85. The summed E-state index contributed by atoms with van der Waals surface area (Å²) < 4.78 is 29.8. The van der Waals surface area contributed by atoms with E-state index in [0.717, 1.165) is 5.56 Å². The number of aryl methyl sites for hydroxylation is 1. The number of anilines is 1. The lowest BCUT2D eigenvalue weighted by atomic mass is 10.0. The second-order valence-electron chi connectivity index (χ2n) is 7.82. The van der Waals surface area contributed by atoms with Gasteiger partial charge in [-0.05, 0) is 30.1 Å². The quantitative estimate of drug-likeness (QED) is 0.436. The first-order valence-electron chi connectivity index (χ1n) is 10.5. The number of aromatic nitrogens is 3. The van der Waals surface area contributed by atoms with Crippen molar-refractivity contribution in [2.24, 2.45) is 0 Å². The van der Waals surface area contributed by atoms with Gasteiger partial charge in [0.2, 0.25) is 0 Å². The molecule has 0 bridgehead atoms. The van der Waals surface area contributed by atoms with Gasteiger partial charge < -0.3 is 0 Å². The predicted molar refractivity (Wildman–Crippen MR) is 126 cm³/mol. The van der Waals surface area contributed by atoms with E-state index in [1.807, 2.05) is 43.3 Å². The molecular formula is C24H21N6O3S+. The molecule has 0 fully saturated rings. The van der Waals surface area contributed by atoms with Crippen LogP contribution in [0.4, 0.5) is 5.82 Å². The van der Waals surface area contributed by atoms with Gasteiger partial charge in [0.05, 0.1) is 10.6 Å². The maximum absolute atomic E-state index is 13.6. The van der Waals surface area contributed by atoms with Gasteiger partial charge in [0.25, 0.3) is 21.7 Å². The van der Waals surface area contributed by atoms with Crippen molar-refractivity contribution < 1.29 is 17.7 Å². The highest BCUT2D eigenvalue weighted by atomic mass is 32.2. The molecule has 170 valence electrons. The molecular weight excluding hydrogens is 452 g/mol. The van der Waals surface area contributed by atoms with Crippen LogP contribution < -0.4 is 19.7 Å². The molecule has 2 aromatic carbocycles. The number of hydrazine groups is 1. The van der Waals surface area contributed by atoms with Gasteiger partial charge in [0.15, 0.2) is 5.69 Å². The van der Waals surface area contributed by atoms with E-state index in [0.29, 0.717) is 22.7 Å². The summed E-state index contributed by atoms with van der Waals surface area (Å²) in [5, 5.41) is 6.27. The van der Waals surface area contributed by atoms with Crippen LogP contribution in [-0.4, -0.2) is 31.5 Å². The third-order valence-electron chi connectivity index (χ3n) is 5.39. The molecule has 2 aromatic heterocycles. The first-order chi connectivity index (χ1) is 16.3. The van der Waals surface area contributed by atoms with Crippen molar-refractivity contribution in [3.8, 4) is 0 Å². The first-order valence-corrected chi connectivity index (χ1v) is 11.9. The van der Waals surface area contributed by atoms with Gasteiger partial charge in [-0.1, -0.05) is 59.2 Å². The topological polar surface area (TPSA) is 108 Å². The fourth-order valence-corrected chi connectivity index (χ4v) is 4.65. The van der Waals surface area contributed by atoms with Crippen LogP contribution in [0.2, 0.25) is 0 Å². The molecule has 0 unspecified atom stereocenters. The highest BCUT2D eigenvalue weighted by Gasteiger charge is 2.36. The van der Waals surface area contributed by atoms with Gasteiger partial charge in [-0.15, -0.1) is 4.52 Å². The fraction of sp³-hybridized carbons (Fsp3) is 0.0833. The number of carbonyl (C=O) groups is 1. The maximum atomic E-state index is 13.6. The van der Waals surface area contributed by atoms with E-state index in [4.69, 9.17) is 0 Å². The molecule has 1 aliphatic rings. The van der Waals surface area contributed by atoms with Crippen LogP contribution in [0.1, 0.15) is 16.8 Å². The number of hydrogen-bond acceptors (Lipinski definition) is 7. The molecule has 2 N–H and O–H groups in total. The summed E-state index contributed by atoms with van der Waals surface area (Å²) in [6, 6.07) is 20.9. The molecule has 0 spiro atoms. The van der Waals surface area contributed by atoms with Crippen molar-refractivity contribution in [3.63, 3.8) is 0 Å². The zero-order chi connectivity index (χ0) is 23.9. The summed E-state index contributed by atoms with van der Waals surface area (Å²) in [6.07, 6.45) is 1.71. The lowest BCUT2D eigenvalue weighted by Gasteiger charge is -2.28. The van der Waals surface area contributed by atoms with Gasteiger partial charge >= 0.3 is 5.65 Å². The van der Waals surface area contributed by atoms with Gasteiger partial charge in [-0.25, -0.2) is 13.1 Å². The van der Waals surface area contributed by atoms with Gasteiger partial charge in [-0.2, -0.15) is 0 Å². The second kappa shape index (κ2) is 8.23. The number of nitrogens with one attached hydrogen (secondary N) is 2. The van der Waals surface area contributed by atoms with Crippen LogP contribution in [-0.2, 0) is 14.8 Å². The Morgan fingerprint density at radius 1 is 1.00 bits per heavy atom. The molecule has 0 atom stereocenters. The lowest BCUT2D eigenvalue weighted by molar-refractivity contribution is -0.583. The van der Waals surface area contributed by atoms with E-state index >= 15 is 0 Å². The average molecular weight is 474 g/mol. The third kappa shape index (κ3) is 3.84. The van der Waals surface area contributed by atoms with Crippen molar-refractivity contribution in [2.45, 2.75) is 11.8 Å². The van der Waals surface area contributed by atoms with Crippen LogP contribution in [0.3, 0.4) is 0 Å². The van der Waals surface area contributed by atoms with Crippen LogP contribution in [0.25, 0.3) is 16.9 Å². The van der Waals surface area contributed by atoms with E-state index in [-0.39, 0.29) is 16.2 Å². The Kier molecular flexibility index (Phi) is 5.21. The summed E-state index contributed by atoms with van der Waals surface area (Å²) >= 11 is 0. The Balaban J connectivity index is 1.68. The molecule has 3 heterocycles. The SMILES string of the molecule is Cc1ccc(S(=O)(=O)NC(=O)C2=C(c3ccccc3)NN(C)c3nc4cccc[n+]4nc32)cc1. The smallest absolute Gasteiger partial charge is 0.294 e. The highest BCUT2D eigenvalue weighted by Crippen LogP contribution is 2.33. The maximum Gasteiger partial charge on any atom is 0.350 e. The van der Waals surface area contributed by atoms with Crippen molar-refractivity contribution >= 4 is 38.7 Å². The molecule has 0 saturated heterocycles. The Labute approximate surface area is 196 Å². The zero-order valence-corrected chi connectivity index (χ0v) is 19.2. The molecule has 1 amide bonds. The fourth-order valence-electron chi connectivity index (χ4n) is 3.69. The second-order valence-corrected chi connectivity index (χ2v) is 9.50. The summed E-state index contributed by atoms with van der Waals surface area (Å²) in [7, 11) is -2.36. The number of amides is 1. The zero-order valence-electron chi connectivity index (χ0n) is 18.4. The molecule has 34 heavy (non-hydrogen) atoms. The predicted octanol–water partition coefficient (Wildman–Crippen LogP) is 1.85. The number of carbonyl (C=O) groups excluding carboxylic acids is 1. The Morgan fingerprint density at radius 3 is 2.44 bits per heavy atom. The summed E-state index contributed by atoms with van der Waals surface area (Å²) in [5.74, 6) is -0.421. The molecule has 4 aromatic rings. The number of benzene rings is 2. The minimum atomic E-state index is -4.12. The standard InChI is InChI=1S/C24H20N6O3S/c1-16-11-13-18(14-12-16)34(32,33)28-24(31)20-21(17-8-4-3-5-9-17)26-29(2)23-22(20)27-30-15-7-6-10-19(30)25-23/h3-15H,1-2H3,(H-,26,27,28,31)/p+1. The van der Waals surface area contributed by atoms with E-state index in [1.54, 1.807) is 47.0 Å². The van der Waals surface area contributed by atoms with E-state index in [2.05, 4.69) is 20.2 Å². The Bertz CT molecular complexity index is 1550. The summed E-state index contributed by atoms with van der Waals surface area (Å²) in [5.41, 5.74) is 6.07. The van der Waals surface area contributed by atoms with E-state index < -0.39 is 15.9 Å². The minimum absolute atomic E-state index is 0.00612. The molecule has 1 aliphatic heterocycles. The lowest BCUT2D eigenvalue weighted by Crippen LogP contribution is -2.44. The van der Waals surface area contributed by atoms with Gasteiger partial charge in [0, 0.05) is 18.7 Å². The molecule has 0 saturated carbocycles. The van der Waals surface area contributed by atoms with Crippen molar-refractivity contribution in [1.29, 1.82) is 0 Å². The highest BCUT2D eigenvalue weighted by molar-refractivity contribution is 7.90. The van der Waals surface area contributed by atoms with Crippen LogP contribution in [0, 0.1) is 6.92 Å². The van der Waals surface area contributed by atoms with Crippen molar-refractivity contribution in [1.82, 2.24) is 20.2 Å². The Hall–Kier alpha value is -4.31. The molecule has 0 aliphatic carbocycles. The largest absolute Gasteiger partial charge is 0.350 e. The number of fused-ring (bicyclic) bond motifs is 2. The molecule has 0 radical (unpaired) electrons. The number of nitrogens with zero attached hydrogens (tertiary/aromatic N) is 4. The van der Waals surface area contributed by atoms with Crippen molar-refractivity contribution in [3.05, 3.63) is 95.8 Å². The van der Waals surface area contributed by atoms with Crippen LogP contribution in [0.15, 0.2) is 83.9 Å². The monoisotopic (exact) mass is 473 g/mol. The third-order valence-corrected chi connectivity index (χ3v) is 6.74. The number of hydrogen-bond donors (Lipinski definition) is 2. The number of rotatable bonds is 4. The van der Waals surface area contributed by atoms with Crippen LogP contribution >= 0.6 is 0 Å². The Morgan fingerprint density at radius 2 is 1.71 bits per heavy atom. The first kappa shape index (κ1) is 21.5. The number of pyridine rings is 1. The average Bonchev–Trinajstić information content (AvgIpc) is 2.83. The van der Waals surface area contributed by atoms with Gasteiger partial charge in [0.1, 0.15) is 11.8 Å². The number of sulfonamides is 1. The molecule has 10 heteroatoms. The molecule has 9 nitrogen and oxygen atoms in total.